The highest BCUT2D eigenvalue weighted by molar-refractivity contribution is 5.83. The zero-order chi connectivity index (χ0) is 11.0. The molecule has 0 bridgehead atoms. The van der Waals surface area contributed by atoms with Crippen LogP contribution >= 0.6 is 0 Å². The van der Waals surface area contributed by atoms with Crippen LogP contribution in [0.1, 0.15) is 25.3 Å². The van der Waals surface area contributed by atoms with Crippen molar-refractivity contribution >= 4 is 16.7 Å². The highest BCUT2D eigenvalue weighted by Crippen LogP contribution is 2.31. The van der Waals surface area contributed by atoms with E-state index in [-0.39, 0.29) is 16.5 Å². The lowest BCUT2D eigenvalue weighted by atomic mass is 10.00. The van der Waals surface area contributed by atoms with Crippen LogP contribution in [-0.4, -0.2) is 14.9 Å². The lowest BCUT2D eigenvalue weighted by Gasteiger charge is -2.07. The first-order chi connectivity index (χ1) is 7.11. The van der Waals surface area contributed by atoms with Gasteiger partial charge in [-0.2, -0.15) is 0 Å². The Kier molecular flexibility index (Phi) is 2.15. The molecule has 0 radical (unpaired) electrons. The number of nitrogens with zero attached hydrogens (tertiary/aromatic N) is 2. The number of nitro groups is 1. The minimum atomic E-state index is -0.380. The second-order valence-electron chi connectivity index (χ2n) is 3.71. The molecule has 2 rings (SSSR count). The quantitative estimate of drug-likeness (QED) is 0.605. The molecule has 0 saturated heterocycles. The van der Waals surface area contributed by atoms with Gasteiger partial charge in [-0.3, -0.25) is 10.1 Å². The maximum absolute atomic E-state index is 10.8. The van der Waals surface area contributed by atoms with Crippen molar-refractivity contribution in [3.8, 4) is 0 Å². The zero-order valence-corrected chi connectivity index (χ0v) is 8.52. The third kappa shape index (κ3) is 1.45. The number of pyridine rings is 1. The van der Waals surface area contributed by atoms with Gasteiger partial charge in [0.05, 0.1) is 4.92 Å². The van der Waals surface area contributed by atoms with Crippen LogP contribution in [0.3, 0.4) is 0 Å². The van der Waals surface area contributed by atoms with Crippen molar-refractivity contribution in [2.24, 2.45) is 0 Å². The van der Waals surface area contributed by atoms with E-state index in [2.05, 4.69) is 9.97 Å². The Hall–Kier alpha value is -1.91. The minimum Gasteiger partial charge on any atom is -0.346 e. The number of hydrogen-bond acceptors (Lipinski definition) is 3. The number of aromatic amines is 1. The second-order valence-corrected chi connectivity index (χ2v) is 3.71. The summed E-state index contributed by atoms with van der Waals surface area (Å²) in [5.74, 6) is 0.103. The SMILES string of the molecule is CC(C)c1c([N+](=O)[O-])cnc2[nH]ccc12. The fourth-order valence-corrected chi connectivity index (χ4v) is 1.77. The second kappa shape index (κ2) is 3.34. The van der Waals surface area contributed by atoms with Gasteiger partial charge in [0, 0.05) is 17.1 Å². The molecule has 5 nitrogen and oxygen atoms in total. The van der Waals surface area contributed by atoms with E-state index < -0.39 is 0 Å². The van der Waals surface area contributed by atoms with E-state index in [1.165, 1.54) is 6.20 Å². The molecule has 0 unspecified atom stereocenters. The molecule has 0 amide bonds. The molecule has 2 aromatic heterocycles. The van der Waals surface area contributed by atoms with Gasteiger partial charge in [-0.1, -0.05) is 13.8 Å². The summed E-state index contributed by atoms with van der Waals surface area (Å²) in [6.45, 7) is 3.88. The number of fused-ring (bicyclic) bond motifs is 1. The predicted molar refractivity (Wildman–Crippen MR) is 56.8 cm³/mol. The van der Waals surface area contributed by atoms with Gasteiger partial charge in [0.1, 0.15) is 11.8 Å². The first-order valence-electron chi connectivity index (χ1n) is 4.71. The highest BCUT2D eigenvalue weighted by Gasteiger charge is 2.20. The molecule has 0 atom stereocenters. The molecule has 15 heavy (non-hydrogen) atoms. The molecule has 0 aromatic carbocycles. The maximum Gasteiger partial charge on any atom is 0.291 e. The van der Waals surface area contributed by atoms with E-state index in [9.17, 15) is 10.1 Å². The standard InChI is InChI=1S/C10H11N3O2/c1-6(2)9-7-3-4-11-10(7)12-5-8(9)13(14)15/h3-6H,1-2H3,(H,11,12). The van der Waals surface area contributed by atoms with Gasteiger partial charge in [0.2, 0.25) is 0 Å². The van der Waals surface area contributed by atoms with E-state index in [0.29, 0.717) is 5.65 Å². The first kappa shape index (κ1) is 9.64. The topological polar surface area (TPSA) is 71.8 Å². The summed E-state index contributed by atoms with van der Waals surface area (Å²) in [5, 5.41) is 11.7. The van der Waals surface area contributed by atoms with E-state index in [1.807, 2.05) is 19.9 Å². The van der Waals surface area contributed by atoms with Crippen LogP contribution in [-0.2, 0) is 0 Å². The maximum atomic E-state index is 10.8. The Morgan fingerprint density at radius 2 is 2.27 bits per heavy atom. The van der Waals surface area contributed by atoms with Crippen LogP contribution in [0, 0.1) is 10.1 Å². The molecule has 2 aromatic rings. The molecule has 78 valence electrons. The number of H-pyrrole nitrogens is 1. The Morgan fingerprint density at radius 3 is 2.87 bits per heavy atom. The smallest absolute Gasteiger partial charge is 0.291 e. The van der Waals surface area contributed by atoms with Crippen LogP contribution < -0.4 is 0 Å². The van der Waals surface area contributed by atoms with Crippen LogP contribution in [0.15, 0.2) is 18.5 Å². The molecule has 1 N–H and O–H groups in total. The number of rotatable bonds is 2. The molecule has 0 aliphatic rings. The third-order valence-electron chi connectivity index (χ3n) is 2.38. The van der Waals surface area contributed by atoms with Crippen molar-refractivity contribution in [1.82, 2.24) is 9.97 Å². The van der Waals surface area contributed by atoms with E-state index in [0.717, 1.165) is 10.9 Å². The summed E-state index contributed by atoms with van der Waals surface area (Å²) in [6, 6.07) is 1.82. The van der Waals surface area contributed by atoms with Gasteiger partial charge in [-0.05, 0) is 12.0 Å². The normalized spacial score (nSPS) is 11.1. The summed E-state index contributed by atoms with van der Waals surface area (Å²) in [4.78, 5) is 17.4. The number of hydrogen-bond donors (Lipinski definition) is 1. The van der Waals surface area contributed by atoms with Gasteiger partial charge in [0.25, 0.3) is 5.69 Å². The highest BCUT2D eigenvalue weighted by atomic mass is 16.6. The average molecular weight is 205 g/mol. The predicted octanol–water partition coefficient (Wildman–Crippen LogP) is 2.59. The lowest BCUT2D eigenvalue weighted by Crippen LogP contribution is -1.99. The molecule has 5 heteroatoms. The molecular formula is C10H11N3O2. The third-order valence-corrected chi connectivity index (χ3v) is 2.38. The van der Waals surface area contributed by atoms with Crippen molar-refractivity contribution in [2.45, 2.75) is 19.8 Å². The monoisotopic (exact) mass is 205 g/mol. The van der Waals surface area contributed by atoms with E-state index in [1.54, 1.807) is 6.20 Å². The first-order valence-corrected chi connectivity index (χ1v) is 4.71. The van der Waals surface area contributed by atoms with Gasteiger partial charge < -0.3 is 4.98 Å². The summed E-state index contributed by atoms with van der Waals surface area (Å²) in [5.41, 5.74) is 1.53. The molecular weight excluding hydrogens is 194 g/mol. The van der Waals surface area contributed by atoms with Gasteiger partial charge in [-0.15, -0.1) is 0 Å². The minimum absolute atomic E-state index is 0.0945. The summed E-state index contributed by atoms with van der Waals surface area (Å²) >= 11 is 0. The molecule has 0 aliphatic carbocycles. The van der Waals surface area contributed by atoms with Gasteiger partial charge in [-0.25, -0.2) is 4.98 Å². The summed E-state index contributed by atoms with van der Waals surface area (Å²) in [7, 11) is 0. The van der Waals surface area contributed by atoms with Crippen molar-refractivity contribution in [3.05, 3.63) is 34.1 Å². The lowest BCUT2D eigenvalue weighted by molar-refractivity contribution is -0.385. The number of nitrogens with one attached hydrogen (secondary N) is 1. The van der Waals surface area contributed by atoms with Gasteiger partial charge in [0.15, 0.2) is 0 Å². The fraction of sp³-hybridized carbons (Fsp3) is 0.300. The van der Waals surface area contributed by atoms with Crippen LogP contribution in [0.5, 0.6) is 0 Å². The Morgan fingerprint density at radius 1 is 1.53 bits per heavy atom. The fourth-order valence-electron chi connectivity index (χ4n) is 1.77. The Balaban J connectivity index is 2.81. The largest absolute Gasteiger partial charge is 0.346 e. The van der Waals surface area contributed by atoms with Crippen molar-refractivity contribution in [2.75, 3.05) is 0 Å². The van der Waals surface area contributed by atoms with E-state index >= 15 is 0 Å². The van der Waals surface area contributed by atoms with Crippen molar-refractivity contribution < 1.29 is 4.92 Å². The van der Waals surface area contributed by atoms with E-state index in [4.69, 9.17) is 0 Å². The van der Waals surface area contributed by atoms with Crippen molar-refractivity contribution in [3.63, 3.8) is 0 Å². The molecule has 0 spiro atoms. The Labute approximate surface area is 86.3 Å². The van der Waals surface area contributed by atoms with Crippen LogP contribution in [0.4, 0.5) is 5.69 Å². The average Bonchev–Trinajstić information content (AvgIpc) is 2.62. The van der Waals surface area contributed by atoms with Crippen LogP contribution in [0.25, 0.3) is 11.0 Å². The summed E-state index contributed by atoms with van der Waals surface area (Å²) < 4.78 is 0. The molecule has 0 saturated carbocycles. The molecule has 0 aliphatic heterocycles. The molecule has 2 heterocycles. The van der Waals surface area contributed by atoms with Gasteiger partial charge >= 0.3 is 0 Å². The zero-order valence-electron chi connectivity index (χ0n) is 8.52. The molecule has 0 fully saturated rings. The van der Waals surface area contributed by atoms with Crippen LogP contribution in [0.2, 0.25) is 0 Å². The van der Waals surface area contributed by atoms with Crippen molar-refractivity contribution in [1.29, 1.82) is 0 Å². The summed E-state index contributed by atoms with van der Waals surface area (Å²) in [6.07, 6.45) is 3.06. The number of aromatic nitrogens is 2. The Bertz CT molecular complexity index is 516.